The highest BCUT2D eigenvalue weighted by Crippen LogP contribution is 2.52. The molecule has 1 saturated heterocycles. The van der Waals surface area contributed by atoms with E-state index in [1.165, 1.54) is 0 Å². The molecule has 84 valence electrons. The van der Waals surface area contributed by atoms with Crippen molar-refractivity contribution in [2.24, 2.45) is 11.8 Å². The summed E-state index contributed by atoms with van der Waals surface area (Å²) in [5.41, 5.74) is -0.303. The minimum atomic E-state index is -0.303. The van der Waals surface area contributed by atoms with Crippen LogP contribution in [-0.2, 0) is 14.3 Å². The number of hydrogen-bond donors (Lipinski definition) is 0. The van der Waals surface area contributed by atoms with Crippen LogP contribution in [0.25, 0.3) is 0 Å². The second-order valence-corrected chi connectivity index (χ2v) is 4.86. The normalized spacial score (nSPS) is 38.9. The first-order valence-corrected chi connectivity index (χ1v) is 5.79. The fourth-order valence-electron chi connectivity index (χ4n) is 3.39. The van der Waals surface area contributed by atoms with Crippen molar-refractivity contribution in [1.82, 2.24) is 0 Å². The van der Waals surface area contributed by atoms with Gasteiger partial charge in [-0.15, -0.1) is 0 Å². The van der Waals surface area contributed by atoms with Crippen molar-refractivity contribution in [3.8, 4) is 0 Å². The number of carbonyl (C=O) groups excluding carboxylic acids is 2. The van der Waals surface area contributed by atoms with Gasteiger partial charge in [-0.2, -0.15) is 0 Å². The van der Waals surface area contributed by atoms with Gasteiger partial charge >= 0.3 is 5.97 Å². The Hall–Kier alpha value is -0.860. The first-order chi connectivity index (χ1) is 7.08. The van der Waals surface area contributed by atoms with Gasteiger partial charge in [-0.1, -0.05) is 6.92 Å². The standard InChI is InChI=1S/C12H18O3/c1-3-12-9(6-8(2)13)4-5-10(12)7-11(14)15-12/h9-10H,3-7H2,1-2H3/t9?,10-,12-/m0/s1. The van der Waals surface area contributed by atoms with Crippen LogP contribution in [0.5, 0.6) is 0 Å². The second-order valence-electron chi connectivity index (χ2n) is 4.86. The molecule has 0 bridgehead atoms. The number of ether oxygens (including phenoxy) is 1. The van der Waals surface area contributed by atoms with E-state index >= 15 is 0 Å². The third-order valence-electron chi connectivity index (χ3n) is 4.05. The van der Waals surface area contributed by atoms with Crippen LogP contribution in [0.3, 0.4) is 0 Å². The Kier molecular flexibility index (Phi) is 2.57. The maximum absolute atomic E-state index is 11.3. The minimum absolute atomic E-state index is 0.0740. The van der Waals surface area contributed by atoms with Gasteiger partial charge in [0.2, 0.25) is 0 Å². The monoisotopic (exact) mass is 210 g/mol. The molecule has 2 fully saturated rings. The van der Waals surface area contributed by atoms with Crippen LogP contribution < -0.4 is 0 Å². The Morgan fingerprint density at radius 3 is 2.87 bits per heavy atom. The summed E-state index contributed by atoms with van der Waals surface area (Å²) in [5, 5.41) is 0. The molecule has 3 atom stereocenters. The molecule has 0 aromatic carbocycles. The molecule has 15 heavy (non-hydrogen) atoms. The molecule has 1 heterocycles. The van der Waals surface area contributed by atoms with E-state index in [1.54, 1.807) is 6.92 Å². The van der Waals surface area contributed by atoms with Crippen LogP contribution in [0.4, 0.5) is 0 Å². The average molecular weight is 210 g/mol. The summed E-state index contributed by atoms with van der Waals surface area (Å²) in [4.78, 5) is 22.5. The van der Waals surface area contributed by atoms with E-state index in [2.05, 4.69) is 6.92 Å². The van der Waals surface area contributed by atoms with E-state index < -0.39 is 0 Å². The third kappa shape index (κ3) is 1.58. The smallest absolute Gasteiger partial charge is 0.306 e. The number of rotatable bonds is 3. The van der Waals surface area contributed by atoms with Gasteiger partial charge in [-0.05, 0) is 26.2 Å². The highest BCUT2D eigenvalue weighted by molar-refractivity contribution is 5.77. The van der Waals surface area contributed by atoms with Crippen LogP contribution in [0.15, 0.2) is 0 Å². The Labute approximate surface area is 90.2 Å². The molecular formula is C12H18O3. The molecular weight excluding hydrogens is 192 g/mol. The Morgan fingerprint density at radius 1 is 1.53 bits per heavy atom. The quantitative estimate of drug-likeness (QED) is 0.670. The molecule has 1 saturated carbocycles. The Balaban J connectivity index is 2.20. The maximum Gasteiger partial charge on any atom is 0.306 e. The number of ketones is 1. The van der Waals surface area contributed by atoms with Gasteiger partial charge in [0, 0.05) is 18.3 Å². The zero-order chi connectivity index (χ0) is 11.1. The molecule has 0 N–H and O–H groups in total. The van der Waals surface area contributed by atoms with Crippen molar-refractivity contribution in [2.75, 3.05) is 0 Å². The van der Waals surface area contributed by atoms with Gasteiger partial charge in [0.1, 0.15) is 11.4 Å². The third-order valence-corrected chi connectivity index (χ3v) is 4.05. The van der Waals surface area contributed by atoms with Crippen molar-refractivity contribution >= 4 is 11.8 Å². The van der Waals surface area contributed by atoms with Crippen LogP contribution in [-0.4, -0.2) is 17.4 Å². The lowest BCUT2D eigenvalue weighted by molar-refractivity contribution is -0.154. The molecule has 1 aliphatic carbocycles. The molecule has 0 aromatic heterocycles. The van der Waals surface area contributed by atoms with Crippen molar-refractivity contribution in [3.63, 3.8) is 0 Å². The Bertz CT molecular complexity index is 297. The zero-order valence-corrected chi connectivity index (χ0v) is 9.41. The highest BCUT2D eigenvalue weighted by Gasteiger charge is 2.56. The minimum Gasteiger partial charge on any atom is -0.458 e. The van der Waals surface area contributed by atoms with Gasteiger partial charge < -0.3 is 9.53 Å². The Morgan fingerprint density at radius 2 is 2.27 bits per heavy atom. The van der Waals surface area contributed by atoms with E-state index in [9.17, 15) is 9.59 Å². The summed E-state index contributed by atoms with van der Waals surface area (Å²) in [6, 6.07) is 0. The van der Waals surface area contributed by atoms with E-state index in [-0.39, 0.29) is 23.3 Å². The van der Waals surface area contributed by atoms with Crippen LogP contribution in [0.2, 0.25) is 0 Å². The molecule has 1 aliphatic heterocycles. The van der Waals surface area contributed by atoms with E-state index in [1.807, 2.05) is 0 Å². The molecule has 0 spiro atoms. The summed E-state index contributed by atoms with van der Waals surface area (Å²) >= 11 is 0. The van der Waals surface area contributed by atoms with Crippen LogP contribution in [0, 0.1) is 11.8 Å². The van der Waals surface area contributed by atoms with Gasteiger partial charge in [0.25, 0.3) is 0 Å². The molecule has 0 amide bonds. The van der Waals surface area contributed by atoms with Crippen LogP contribution in [0.1, 0.15) is 46.0 Å². The largest absolute Gasteiger partial charge is 0.458 e. The maximum atomic E-state index is 11.3. The van der Waals surface area contributed by atoms with E-state index in [0.717, 1.165) is 19.3 Å². The summed E-state index contributed by atoms with van der Waals surface area (Å²) in [6.45, 7) is 3.68. The number of fused-ring (bicyclic) bond motifs is 1. The van der Waals surface area contributed by atoms with Gasteiger partial charge in [-0.25, -0.2) is 0 Å². The predicted molar refractivity (Wildman–Crippen MR) is 55.2 cm³/mol. The molecule has 3 heteroatoms. The van der Waals surface area contributed by atoms with Crippen molar-refractivity contribution in [2.45, 2.75) is 51.6 Å². The summed E-state index contributed by atoms with van der Waals surface area (Å²) in [6.07, 6.45) is 4.05. The molecule has 2 rings (SSSR count). The summed E-state index contributed by atoms with van der Waals surface area (Å²) in [7, 11) is 0. The average Bonchev–Trinajstić information content (AvgIpc) is 2.62. The SMILES string of the molecule is CC[C@@]12OC(=O)C[C@@H]1CCC2CC(C)=O. The van der Waals surface area contributed by atoms with Crippen molar-refractivity contribution in [1.29, 1.82) is 0 Å². The van der Waals surface area contributed by atoms with Crippen molar-refractivity contribution < 1.29 is 14.3 Å². The lowest BCUT2D eigenvalue weighted by atomic mass is 9.80. The first kappa shape index (κ1) is 10.7. The fourth-order valence-corrected chi connectivity index (χ4v) is 3.39. The fraction of sp³-hybridized carbons (Fsp3) is 0.833. The lowest BCUT2D eigenvalue weighted by Crippen LogP contribution is -2.38. The molecule has 0 aromatic rings. The first-order valence-electron chi connectivity index (χ1n) is 5.79. The van der Waals surface area contributed by atoms with Crippen LogP contribution >= 0.6 is 0 Å². The lowest BCUT2D eigenvalue weighted by Gasteiger charge is -2.32. The molecule has 0 radical (unpaired) electrons. The molecule has 2 aliphatic rings. The number of carbonyl (C=O) groups is 2. The topological polar surface area (TPSA) is 43.4 Å². The highest BCUT2D eigenvalue weighted by atomic mass is 16.6. The van der Waals surface area contributed by atoms with Crippen molar-refractivity contribution in [3.05, 3.63) is 0 Å². The van der Waals surface area contributed by atoms with Gasteiger partial charge in [0.15, 0.2) is 0 Å². The molecule has 3 nitrogen and oxygen atoms in total. The van der Waals surface area contributed by atoms with E-state index in [4.69, 9.17) is 4.74 Å². The second kappa shape index (κ2) is 3.62. The summed E-state index contributed by atoms with van der Waals surface area (Å²) < 4.78 is 5.54. The number of esters is 1. The van der Waals surface area contributed by atoms with Gasteiger partial charge in [-0.3, -0.25) is 4.79 Å². The predicted octanol–water partition coefficient (Wildman–Crippen LogP) is 2.09. The molecule has 1 unspecified atom stereocenters. The number of Topliss-reactive ketones (excluding diaryl/α,β-unsaturated/α-hetero) is 1. The van der Waals surface area contributed by atoms with E-state index in [0.29, 0.717) is 18.8 Å². The number of hydrogen-bond acceptors (Lipinski definition) is 3. The summed E-state index contributed by atoms with van der Waals surface area (Å²) in [5.74, 6) is 0.752. The van der Waals surface area contributed by atoms with Gasteiger partial charge in [0.05, 0.1) is 6.42 Å². The zero-order valence-electron chi connectivity index (χ0n) is 9.41.